The highest BCUT2D eigenvalue weighted by Gasteiger charge is 2.55. The molecule has 0 unspecified atom stereocenters. The zero-order valence-electron chi connectivity index (χ0n) is 11.8. The van der Waals surface area contributed by atoms with E-state index in [0.29, 0.717) is 22.8 Å². The van der Waals surface area contributed by atoms with Gasteiger partial charge in [-0.2, -0.15) is 0 Å². The third-order valence-electron chi connectivity index (χ3n) is 4.44. The van der Waals surface area contributed by atoms with E-state index < -0.39 is 11.7 Å². The summed E-state index contributed by atoms with van der Waals surface area (Å²) in [5, 5.41) is 31.2. The molecule has 0 bridgehead atoms. The summed E-state index contributed by atoms with van der Waals surface area (Å²) in [7, 11) is 0. The normalized spacial score (nSPS) is 25.9. The Labute approximate surface area is 130 Å². The summed E-state index contributed by atoms with van der Waals surface area (Å²) in [5.41, 5.74) is -0.732. The highest BCUT2D eigenvalue weighted by Crippen LogP contribution is 2.60. The fraction of sp³-hybridized carbons (Fsp3) is 0.250. The number of hydrogen-bond acceptors (Lipinski definition) is 7. The van der Waals surface area contributed by atoms with Gasteiger partial charge in [0, 0.05) is 17.7 Å². The molecule has 0 saturated heterocycles. The van der Waals surface area contributed by atoms with Gasteiger partial charge in [0.2, 0.25) is 12.5 Å². The number of benzene rings is 2. The average molecular weight is 316 g/mol. The van der Waals surface area contributed by atoms with Crippen LogP contribution in [-0.2, 0) is 5.60 Å². The molecule has 23 heavy (non-hydrogen) atoms. The lowest BCUT2D eigenvalue weighted by Crippen LogP contribution is -2.41. The zero-order chi connectivity index (χ0) is 15.8. The summed E-state index contributed by atoms with van der Waals surface area (Å²) in [6.07, 6.45) is -0.754. The Morgan fingerprint density at radius 2 is 1.87 bits per heavy atom. The van der Waals surface area contributed by atoms with E-state index in [0.717, 1.165) is 0 Å². The number of aromatic hydroxyl groups is 2. The standard InChI is InChI=1S/C16H12O7/c17-7-1-2-8-9(3-7)20-5-16(19)12-10(23-15(8)16)4-11-14(13(12)18)22-6-21-11/h1-4,15,17-19H,5-6H2/t15-,16+/m1/s1. The van der Waals surface area contributed by atoms with E-state index in [4.69, 9.17) is 18.9 Å². The largest absolute Gasteiger partial charge is 0.508 e. The van der Waals surface area contributed by atoms with Crippen molar-refractivity contribution in [2.45, 2.75) is 11.7 Å². The molecule has 5 rings (SSSR count). The lowest BCUT2D eigenvalue weighted by Gasteiger charge is -2.34. The lowest BCUT2D eigenvalue weighted by molar-refractivity contribution is -0.0873. The number of phenolic OH excluding ortho intramolecular Hbond substituents is 2. The summed E-state index contributed by atoms with van der Waals surface area (Å²) < 4.78 is 22.0. The quantitative estimate of drug-likeness (QED) is 0.678. The zero-order valence-corrected chi connectivity index (χ0v) is 11.8. The first-order valence-electron chi connectivity index (χ1n) is 7.09. The maximum absolute atomic E-state index is 11.1. The lowest BCUT2D eigenvalue weighted by atomic mass is 9.84. The predicted octanol–water partition coefficient (Wildman–Crippen LogP) is 1.54. The Bertz CT molecular complexity index is 847. The van der Waals surface area contributed by atoms with Gasteiger partial charge in [-0.15, -0.1) is 0 Å². The maximum Gasteiger partial charge on any atom is 0.231 e. The van der Waals surface area contributed by atoms with Crippen molar-refractivity contribution in [1.82, 2.24) is 0 Å². The molecule has 0 amide bonds. The molecule has 0 aromatic heterocycles. The minimum atomic E-state index is -1.55. The van der Waals surface area contributed by atoms with Crippen molar-refractivity contribution in [1.29, 1.82) is 0 Å². The van der Waals surface area contributed by atoms with Crippen LogP contribution in [0.5, 0.6) is 34.5 Å². The molecule has 3 heterocycles. The van der Waals surface area contributed by atoms with Gasteiger partial charge < -0.3 is 34.3 Å². The smallest absolute Gasteiger partial charge is 0.231 e. The molecule has 118 valence electrons. The first kappa shape index (κ1) is 12.7. The van der Waals surface area contributed by atoms with Crippen molar-refractivity contribution in [2.75, 3.05) is 13.4 Å². The molecular formula is C16H12O7. The molecule has 0 radical (unpaired) electrons. The molecule has 3 N–H and O–H groups in total. The molecule has 3 aliphatic heterocycles. The van der Waals surface area contributed by atoms with Crippen molar-refractivity contribution < 1.29 is 34.3 Å². The van der Waals surface area contributed by atoms with Crippen LogP contribution in [0.15, 0.2) is 24.3 Å². The number of hydrogen-bond donors (Lipinski definition) is 3. The SMILES string of the molecule is Oc1ccc2c(c1)OC[C@]1(O)c3c(cc4c(c3O)OCO4)O[C@H]21. The van der Waals surface area contributed by atoms with Crippen LogP contribution in [0.3, 0.4) is 0 Å². The Morgan fingerprint density at radius 1 is 1.00 bits per heavy atom. The fourth-order valence-electron chi connectivity index (χ4n) is 3.39. The van der Waals surface area contributed by atoms with E-state index in [1.54, 1.807) is 12.1 Å². The molecule has 2 aromatic carbocycles. The second-order valence-corrected chi connectivity index (χ2v) is 5.77. The molecule has 0 aliphatic carbocycles. The highest BCUT2D eigenvalue weighted by molar-refractivity contribution is 5.66. The van der Waals surface area contributed by atoms with Gasteiger partial charge >= 0.3 is 0 Å². The molecule has 0 fully saturated rings. The Balaban J connectivity index is 1.71. The van der Waals surface area contributed by atoms with Gasteiger partial charge in [0.1, 0.15) is 23.9 Å². The number of phenols is 2. The molecule has 0 saturated carbocycles. The van der Waals surface area contributed by atoms with Gasteiger partial charge in [0.15, 0.2) is 23.2 Å². The van der Waals surface area contributed by atoms with Gasteiger partial charge in [-0.1, -0.05) is 0 Å². The second kappa shape index (κ2) is 3.94. The minimum absolute atomic E-state index is 0.00620. The van der Waals surface area contributed by atoms with Crippen LogP contribution in [0, 0.1) is 0 Å². The van der Waals surface area contributed by atoms with Gasteiger partial charge in [0.25, 0.3) is 0 Å². The fourth-order valence-corrected chi connectivity index (χ4v) is 3.39. The molecule has 2 atom stereocenters. The van der Waals surface area contributed by atoms with Crippen LogP contribution in [0.1, 0.15) is 17.2 Å². The molecule has 7 nitrogen and oxygen atoms in total. The first-order valence-corrected chi connectivity index (χ1v) is 7.09. The Kier molecular flexibility index (Phi) is 2.18. The monoisotopic (exact) mass is 316 g/mol. The third kappa shape index (κ3) is 1.47. The summed E-state index contributed by atoms with van der Waals surface area (Å²) in [5.74, 6) is 1.18. The highest BCUT2D eigenvalue weighted by atomic mass is 16.7. The summed E-state index contributed by atoms with van der Waals surface area (Å²) >= 11 is 0. The number of ether oxygens (including phenoxy) is 4. The topological polar surface area (TPSA) is 97.6 Å². The average Bonchev–Trinajstić information content (AvgIpc) is 3.10. The molecular weight excluding hydrogens is 304 g/mol. The minimum Gasteiger partial charge on any atom is -0.508 e. The number of rotatable bonds is 0. The van der Waals surface area contributed by atoms with Gasteiger partial charge in [0.05, 0.1) is 5.56 Å². The van der Waals surface area contributed by atoms with Crippen molar-refractivity contribution >= 4 is 0 Å². The summed E-state index contributed by atoms with van der Waals surface area (Å²) in [4.78, 5) is 0. The number of aliphatic hydroxyl groups is 1. The first-order chi connectivity index (χ1) is 11.1. The maximum atomic E-state index is 11.1. The van der Waals surface area contributed by atoms with Crippen LogP contribution >= 0.6 is 0 Å². The van der Waals surface area contributed by atoms with E-state index in [1.165, 1.54) is 12.1 Å². The van der Waals surface area contributed by atoms with Crippen molar-refractivity contribution in [2.24, 2.45) is 0 Å². The summed E-state index contributed by atoms with van der Waals surface area (Å²) in [6.45, 7) is -0.111. The van der Waals surface area contributed by atoms with Gasteiger partial charge in [-0.25, -0.2) is 0 Å². The van der Waals surface area contributed by atoms with Crippen LogP contribution in [-0.4, -0.2) is 28.7 Å². The van der Waals surface area contributed by atoms with Gasteiger partial charge in [-0.05, 0) is 12.1 Å². The van der Waals surface area contributed by atoms with E-state index in [9.17, 15) is 15.3 Å². The van der Waals surface area contributed by atoms with E-state index in [1.807, 2.05) is 0 Å². The second-order valence-electron chi connectivity index (χ2n) is 5.77. The van der Waals surface area contributed by atoms with Crippen LogP contribution < -0.4 is 18.9 Å². The van der Waals surface area contributed by atoms with E-state index in [2.05, 4.69) is 0 Å². The van der Waals surface area contributed by atoms with Crippen LogP contribution in [0.25, 0.3) is 0 Å². The summed E-state index contributed by atoms with van der Waals surface area (Å²) in [6, 6.07) is 6.18. The van der Waals surface area contributed by atoms with Crippen LogP contribution in [0.4, 0.5) is 0 Å². The Hall–Kier alpha value is -2.80. The van der Waals surface area contributed by atoms with Gasteiger partial charge in [-0.3, -0.25) is 0 Å². The van der Waals surface area contributed by atoms with Crippen molar-refractivity contribution in [3.8, 4) is 34.5 Å². The molecule has 3 aliphatic rings. The third-order valence-corrected chi connectivity index (χ3v) is 4.44. The van der Waals surface area contributed by atoms with Crippen LogP contribution in [0.2, 0.25) is 0 Å². The molecule has 2 aromatic rings. The van der Waals surface area contributed by atoms with E-state index >= 15 is 0 Å². The predicted molar refractivity (Wildman–Crippen MR) is 75.1 cm³/mol. The van der Waals surface area contributed by atoms with Crippen molar-refractivity contribution in [3.63, 3.8) is 0 Å². The van der Waals surface area contributed by atoms with E-state index in [-0.39, 0.29) is 36.2 Å². The van der Waals surface area contributed by atoms with Crippen molar-refractivity contribution in [3.05, 3.63) is 35.4 Å². The molecule has 7 heteroatoms. The number of fused-ring (bicyclic) bond motifs is 6. The Morgan fingerprint density at radius 3 is 2.74 bits per heavy atom. The molecule has 0 spiro atoms.